The standard InChI is InChI=1S/C18H24FN3O2.ClH/c19-15-6-3-14(4-7-15)5-8-17(23)21-10-1-2-16(13-21)22-11-9-20-12-18(22)24;/h3-4,6-7,16,20H,1-2,5,8-13H2;1H. The Labute approximate surface area is 154 Å². The maximum absolute atomic E-state index is 12.9. The van der Waals surface area contributed by atoms with E-state index in [0.717, 1.165) is 38.0 Å². The molecule has 0 aromatic heterocycles. The molecule has 1 aromatic rings. The van der Waals surface area contributed by atoms with Crippen LogP contribution in [0.3, 0.4) is 0 Å². The average molecular weight is 370 g/mol. The van der Waals surface area contributed by atoms with Crippen molar-refractivity contribution in [2.75, 3.05) is 32.7 Å². The number of amides is 2. The van der Waals surface area contributed by atoms with E-state index < -0.39 is 0 Å². The molecule has 2 saturated heterocycles. The van der Waals surface area contributed by atoms with E-state index in [9.17, 15) is 14.0 Å². The molecule has 1 unspecified atom stereocenters. The molecule has 2 heterocycles. The SMILES string of the molecule is Cl.O=C(CCc1ccc(F)cc1)N1CCCC(N2CCNCC2=O)C1. The zero-order valence-electron chi connectivity index (χ0n) is 14.2. The van der Waals surface area contributed by atoms with Gasteiger partial charge >= 0.3 is 0 Å². The van der Waals surface area contributed by atoms with Gasteiger partial charge < -0.3 is 15.1 Å². The monoisotopic (exact) mass is 369 g/mol. The third-order valence-electron chi connectivity index (χ3n) is 4.86. The van der Waals surface area contributed by atoms with Crippen LogP contribution in [0.4, 0.5) is 4.39 Å². The largest absolute Gasteiger partial charge is 0.341 e. The molecular weight excluding hydrogens is 345 g/mol. The number of piperazine rings is 1. The molecule has 1 aromatic carbocycles. The Morgan fingerprint density at radius 3 is 2.72 bits per heavy atom. The smallest absolute Gasteiger partial charge is 0.236 e. The number of benzene rings is 1. The van der Waals surface area contributed by atoms with Gasteiger partial charge in [0.05, 0.1) is 6.54 Å². The van der Waals surface area contributed by atoms with Crippen LogP contribution in [0.25, 0.3) is 0 Å². The number of nitrogens with zero attached hydrogens (tertiary/aromatic N) is 2. The van der Waals surface area contributed by atoms with Gasteiger partial charge in [0.2, 0.25) is 11.8 Å². The normalized spacial score (nSPS) is 21.0. The van der Waals surface area contributed by atoms with Gasteiger partial charge in [0.1, 0.15) is 5.82 Å². The molecule has 3 rings (SSSR count). The molecule has 2 aliphatic rings. The second kappa shape index (κ2) is 9.15. The highest BCUT2D eigenvalue weighted by Gasteiger charge is 2.31. The average Bonchev–Trinajstić information content (AvgIpc) is 2.61. The first-order valence-electron chi connectivity index (χ1n) is 8.66. The number of aryl methyl sites for hydroxylation is 1. The number of rotatable bonds is 4. The molecule has 0 radical (unpaired) electrons. The van der Waals surface area contributed by atoms with Gasteiger partial charge in [-0.15, -0.1) is 12.4 Å². The van der Waals surface area contributed by atoms with E-state index in [-0.39, 0.29) is 36.1 Å². The number of hydrogen-bond donors (Lipinski definition) is 1. The third-order valence-corrected chi connectivity index (χ3v) is 4.86. The molecule has 25 heavy (non-hydrogen) atoms. The van der Waals surface area contributed by atoms with Crippen molar-refractivity contribution in [3.63, 3.8) is 0 Å². The Hall–Kier alpha value is -1.66. The highest BCUT2D eigenvalue weighted by atomic mass is 35.5. The van der Waals surface area contributed by atoms with Crippen molar-refractivity contribution in [2.24, 2.45) is 0 Å². The van der Waals surface area contributed by atoms with Gasteiger partial charge in [0, 0.05) is 38.6 Å². The second-order valence-electron chi connectivity index (χ2n) is 6.53. The maximum atomic E-state index is 12.9. The highest BCUT2D eigenvalue weighted by Crippen LogP contribution is 2.18. The second-order valence-corrected chi connectivity index (χ2v) is 6.53. The Bertz CT molecular complexity index is 596. The van der Waals surface area contributed by atoms with Crippen LogP contribution in [-0.4, -0.2) is 60.4 Å². The molecule has 0 aliphatic carbocycles. The summed E-state index contributed by atoms with van der Waals surface area (Å²) in [5, 5.41) is 3.08. The molecule has 0 spiro atoms. The van der Waals surface area contributed by atoms with Crippen molar-refractivity contribution in [1.82, 2.24) is 15.1 Å². The van der Waals surface area contributed by atoms with E-state index in [0.29, 0.717) is 25.9 Å². The molecule has 1 N–H and O–H groups in total. The predicted octanol–water partition coefficient (Wildman–Crippen LogP) is 1.60. The Morgan fingerprint density at radius 2 is 2.00 bits per heavy atom. The number of nitrogens with one attached hydrogen (secondary N) is 1. The molecule has 2 amide bonds. The summed E-state index contributed by atoms with van der Waals surface area (Å²) in [4.78, 5) is 28.3. The van der Waals surface area contributed by atoms with Crippen LogP contribution in [0.15, 0.2) is 24.3 Å². The number of carbonyl (C=O) groups is 2. The van der Waals surface area contributed by atoms with E-state index in [4.69, 9.17) is 0 Å². The van der Waals surface area contributed by atoms with Crippen LogP contribution in [0.1, 0.15) is 24.8 Å². The number of likely N-dealkylation sites (tertiary alicyclic amines) is 1. The molecule has 138 valence electrons. The lowest BCUT2D eigenvalue weighted by atomic mass is 10.0. The molecular formula is C18H25ClFN3O2. The summed E-state index contributed by atoms with van der Waals surface area (Å²) in [6.45, 7) is 3.34. The minimum Gasteiger partial charge on any atom is -0.341 e. The quantitative estimate of drug-likeness (QED) is 0.877. The Morgan fingerprint density at radius 1 is 1.24 bits per heavy atom. The van der Waals surface area contributed by atoms with Crippen molar-refractivity contribution in [3.8, 4) is 0 Å². The maximum Gasteiger partial charge on any atom is 0.236 e. The highest BCUT2D eigenvalue weighted by molar-refractivity contribution is 5.85. The summed E-state index contributed by atoms with van der Waals surface area (Å²) in [7, 11) is 0. The van der Waals surface area contributed by atoms with Crippen molar-refractivity contribution in [3.05, 3.63) is 35.6 Å². The van der Waals surface area contributed by atoms with E-state index in [1.807, 2.05) is 9.80 Å². The van der Waals surface area contributed by atoms with Crippen molar-refractivity contribution >= 4 is 24.2 Å². The zero-order chi connectivity index (χ0) is 16.9. The summed E-state index contributed by atoms with van der Waals surface area (Å²) < 4.78 is 12.9. The Kier molecular flexibility index (Phi) is 7.20. The van der Waals surface area contributed by atoms with Crippen molar-refractivity contribution in [1.29, 1.82) is 0 Å². The molecule has 2 fully saturated rings. The fourth-order valence-corrected chi connectivity index (χ4v) is 3.50. The minimum absolute atomic E-state index is 0. The Balaban J connectivity index is 0.00000225. The molecule has 0 saturated carbocycles. The van der Waals surface area contributed by atoms with Gasteiger partial charge in [-0.1, -0.05) is 12.1 Å². The molecule has 1 atom stereocenters. The summed E-state index contributed by atoms with van der Waals surface area (Å²) in [5.74, 6) is -0.0110. The summed E-state index contributed by atoms with van der Waals surface area (Å²) in [6, 6.07) is 6.43. The van der Waals surface area contributed by atoms with Crippen LogP contribution in [0, 0.1) is 5.82 Å². The van der Waals surface area contributed by atoms with E-state index in [1.54, 1.807) is 12.1 Å². The summed E-state index contributed by atoms with van der Waals surface area (Å²) in [5.41, 5.74) is 0.968. The third kappa shape index (κ3) is 5.16. The fourth-order valence-electron chi connectivity index (χ4n) is 3.50. The summed E-state index contributed by atoms with van der Waals surface area (Å²) in [6.07, 6.45) is 2.94. The number of carbonyl (C=O) groups excluding carboxylic acids is 2. The molecule has 5 nitrogen and oxygen atoms in total. The van der Waals surface area contributed by atoms with E-state index in [2.05, 4.69) is 5.32 Å². The van der Waals surface area contributed by atoms with Gasteiger partial charge in [-0.25, -0.2) is 4.39 Å². The topological polar surface area (TPSA) is 52.7 Å². The first kappa shape index (κ1) is 19.7. The number of hydrogen-bond acceptors (Lipinski definition) is 3. The zero-order valence-corrected chi connectivity index (χ0v) is 15.1. The van der Waals surface area contributed by atoms with Crippen LogP contribution >= 0.6 is 12.4 Å². The molecule has 0 bridgehead atoms. The van der Waals surface area contributed by atoms with Gasteiger partial charge in [-0.05, 0) is 37.0 Å². The minimum atomic E-state index is -0.260. The van der Waals surface area contributed by atoms with Crippen LogP contribution < -0.4 is 5.32 Å². The lowest BCUT2D eigenvalue weighted by Gasteiger charge is -2.41. The number of halogens is 2. The van der Waals surface area contributed by atoms with Gasteiger partial charge in [0.25, 0.3) is 0 Å². The lowest BCUT2D eigenvalue weighted by molar-refractivity contribution is -0.140. The lowest BCUT2D eigenvalue weighted by Crippen LogP contribution is -2.57. The predicted molar refractivity (Wildman–Crippen MR) is 96.2 cm³/mol. The fraction of sp³-hybridized carbons (Fsp3) is 0.556. The van der Waals surface area contributed by atoms with Crippen molar-refractivity contribution < 1.29 is 14.0 Å². The van der Waals surface area contributed by atoms with Crippen LogP contribution in [0.2, 0.25) is 0 Å². The summed E-state index contributed by atoms with van der Waals surface area (Å²) >= 11 is 0. The van der Waals surface area contributed by atoms with Gasteiger partial charge in [-0.2, -0.15) is 0 Å². The van der Waals surface area contributed by atoms with Crippen molar-refractivity contribution in [2.45, 2.75) is 31.7 Å². The first-order valence-corrected chi connectivity index (χ1v) is 8.66. The van der Waals surface area contributed by atoms with Crippen LogP contribution in [0.5, 0.6) is 0 Å². The van der Waals surface area contributed by atoms with E-state index >= 15 is 0 Å². The van der Waals surface area contributed by atoms with Gasteiger partial charge in [0.15, 0.2) is 0 Å². The first-order chi connectivity index (χ1) is 11.6. The van der Waals surface area contributed by atoms with E-state index in [1.165, 1.54) is 12.1 Å². The molecule has 2 aliphatic heterocycles. The van der Waals surface area contributed by atoms with Crippen LogP contribution in [-0.2, 0) is 16.0 Å². The van der Waals surface area contributed by atoms with Gasteiger partial charge in [-0.3, -0.25) is 9.59 Å². The molecule has 7 heteroatoms. The number of piperidine rings is 1.